The molecule has 0 radical (unpaired) electrons. The fraction of sp³-hybridized carbons (Fsp3) is 0.263. The minimum absolute atomic E-state index is 0.0173. The van der Waals surface area contributed by atoms with Crippen LogP contribution in [0.3, 0.4) is 0 Å². The highest BCUT2D eigenvalue weighted by Crippen LogP contribution is 2.25. The molecule has 0 bridgehead atoms. The molecule has 0 heterocycles. The van der Waals surface area contributed by atoms with Crippen molar-refractivity contribution in [2.75, 3.05) is 17.2 Å². The van der Waals surface area contributed by atoms with Gasteiger partial charge in [-0.3, -0.25) is 9.59 Å². The molecule has 25 heavy (non-hydrogen) atoms. The van der Waals surface area contributed by atoms with E-state index in [0.29, 0.717) is 23.5 Å². The number of nitrogens with one attached hydrogen (secondary N) is 2. The maximum Gasteiger partial charge on any atom is 0.262 e. The van der Waals surface area contributed by atoms with Crippen LogP contribution >= 0.6 is 15.9 Å². The van der Waals surface area contributed by atoms with Gasteiger partial charge >= 0.3 is 0 Å². The van der Waals surface area contributed by atoms with E-state index in [1.807, 2.05) is 32.0 Å². The lowest BCUT2D eigenvalue weighted by atomic mass is 10.2. The predicted molar refractivity (Wildman–Crippen MR) is 103 cm³/mol. The molecule has 5 nitrogen and oxygen atoms in total. The van der Waals surface area contributed by atoms with Gasteiger partial charge in [0.2, 0.25) is 5.91 Å². The number of hydrogen-bond donors (Lipinski definition) is 2. The van der Waals surface area contributed by atoms with E-state index in [9.17, 15) is 9.59 Å². The van der Waals surface area contributed by atoms with Crippen molar-refractivity contribution in [2.24, 2.45) is 0 Å². The Hall–Kier alpha value is -2.34. The van der Waals surface area contributed by atoms with E-state index in [1.54, 1.807) is 24.3 Å². The van der Waals surface area contributed by atoms with Gasteiger partial charge in [-0.05, 0) is 71.2 Å². The average Bonchev–Trinajstić information content (AvgIpc) is 2.56. The summed E-state index contributed by atoms with van der Waals surface area (Å²) in [5.41, 5.74) is 2.45. The first-order valence-corrected chi connectivity index (χ1v) is 8.86. The van der Waals surface area contributed by atoms with Crippen molar-refractivity contribution in [3.05, 3.63) is 52.5 Å². The maximum atomic E-state index is 12.0. The van der Waals surface area contributed by atoms with Crippen LogP contribution in [0.1, 0.15) is 25.3 Å². The number of amides is 2. The van der Waals surface area contributed by atoms with Gasteiger partial charge in [0.1, 0.15) is 5.75 Å². The normalized spacial score (nSPS) is 10.2. The summed E-state index contributed by atoms with van der Waals surface area (Å²) in [5, 5.41) is 5.56. The lowest BCUT2D eigenvalue weighted by molar-refractivity contribution is -0.118. The highest BCUT2D eigenvalue weighted by atomic mass is 79.9. The highest BCUT2D eigenvalue weighted by Gasteiger charge is 2.07. The standard InChI is InChI=1S/C19H21BrN2O3/c1-3-4-18(23)21-14-6-8-15(9-7-14)22-19(24)12-25-17-10-5-13(2)11-16(17)20/h5-11H,3-4,12H2,1-2H3,(H,21,23)(H,22,24). The van der Waals surface area contributed by atoms with Gasteiger partial charge in [-0.25, -0.2) is 0 Å². The van der Waals surface area contributed by atoms with E-state index in [0.717, 1.165) is 16.5 Å². The van der Waals surface area contributed by atoms with Gasteiger partial charge in [0.15, 0.2) is 6.61 Å². The Bertz CT molecular complexity index is 745. The summed E-state index contributed by atoms with van der Waals surface area (Å²) < 4.78 is 6.33. The molecule has 2 N–H and O–H groups in total. The summed E-state index contributed by atoms with van der Waals surface area (Å²) in [6.07, 6.45) is 1.29. The molecule has 6 heteroatoms. The molecule has 0 aliphatic rings. The van der Waals surface area contributed by atoms with Crippen LogP contribution in [-0.2, 0) is 9.59 Å². The molecule has 0 aromatic heterocycles. The number of halogens is 1. The molecule has 0 saturated heterocycles. The number of anilines is 2. The number of carbonyl (C=O) groups is 2. The van der Waals surface area contributed by atoms with Crippen molar-refractivity contribution in [3.63, 3.8) is 0 Å². The Balaban J connectivity index is 1.84. The molecular weight excluding hydrogens is 384 g/mol. The minimum Gasteiger partial charge on any atom is -0.483 e. The third-order valence-electron chi connectivity index (χ3n) is 3.38. The Labute approximate surface area is 155 Å². The van der Waals surface area contributed by atoms with Crippen LogP contribution in [0, 0.1) is 6.92 Å². The first-order valence-electron chi connectivity index (χ1n) is 8.06. The van der Waals surface area contributed by atoms with E-state index in [1.165, 1.54) is 0 Å². The van der Waals surface area contributed by atoms with Gasteiger partial charge in [-0.2, -0.15) is 0 Å². The number of aryl methyl sites for hydroxylation is 1. The number of rotatable bonds is 7. The van der Waals surface area contributed by atoms with Crippen LogP contribution < -0.4 is 15.4 Å². The fourth-order valence-electron chi connectivity index (χ4n) is 2.15. The summed E-state index contributed by atoms with van der Waals surface area (Å²) in [6.45, 7) is 3.85. The molecule has 0 unspecified atom stereocenters. The third kappa shape index (κ3) is 6.23. The Morgan fingerprint density at radius 3 is 2.16 bits per heavy atom. The molecule has 132 valence electrons. The predicted octanol–water partition coefficient (Wildman–Crippen LogP) is 4.51. The quantitative estimate of drug-likeness (QED) is 0.712. The lowest BCUT2D eigenvalue weighted by Crippen LogP contribution is -2.20. The van der Waals surface area contributed by atoms with Crippen molar-refractivity contribution in [3.8, 4) is 5.75 Å². The monoisotopic (exact) mass is 404 g/mol. The van der Waals surface area contributed by atoms with E-state index in [4.69, 9.17) is 4.74 Å². The fourth-order valence-corrected chi connectivity index (χ4v) is 2.76. The Morgan fingerprint density at radius 2 is 1.60 bits per heavy atom. The lowest BCUT2D eigenvalue weighted by Gasteiger charge is -2.10. The SMILES string of the molecule is CCCC(=O)Nc1ccc(NC(=O)COc2ccc(C)cc2Br)cc1. The first kappa shape index (κ1) is 19.0. The van der Waals surface area contributed by atoms with Crippen LogP contribution in [0.2, 0.25) is 0 Å². The summed E-state index contributed by atoms with van der Waals surface area (Å²) in [6, 6.07) is 12.6. The molecule has 0 fully saturated rings. The van der Waals surface area contributed by atoms with Crippen LogP contribution in [0.25, 0.3) is 0 Å². The van der Waals surface area contributed by atoms with Crippen molar-refractivity contribution in [2.45, 2.75) is 26.7 Å². The average molecular weight is 405 g/mol. The van der Waals surface area contributed by atoms with Crippen molar-refractivity contribution in [1.29, 1.82) is 0 Å². The molecule has 2 aromatic carbocycles. The molecular formula is C19H21BrN2O3. The summed E-state index contributed by atoms with van der Waals surface area (Å²) >= 11 is 3.41. The third-order valence-corrected chi connectivity index (χ3v) is 4.00. The van der Waals surface area contributed by atoms with Crippen LogP contribution in [0.4, 0.5) is 11.4 Å². The zero-order chi connectivity index (χ0) is 18.2. The van der Waals surface area contributed by atoms with Crippen LogP contribution in [0.5, 0.6) is 5.75 Å². The molecule has 0 aliphatic carbocycles. The van der Waals surface area contributed by atoms with Gasteiger partial charge in [0.25, 0.3) is 5.91 Å². The van der Waals surface area contributed by atoms with E-state index < -0.39 is 0 Å². The maximum absolute atomic E-state index is 12.0. The molecule has 0 saturated carbocycles. The van der Waals surface area contributed by atoms with Crippen molar-refractivity contribution < 1.29 is 14.3 Å². The molecule has 0 aliphatic heterocycles. The van der Waals surface area contributed by atoms with Gasteiger partial charge in [0.05, 0.1) is 4.47 Å². The van der Waals surface area contributed by atoms with Crippen molar-refractivity contribution >= 4 is 39.1 Å². The highest BCUT2D eigenvalue weighted by molar-refractivity contribution is 9.10. The number of benzene rings is 2. The van der Waals surface area contributed by atoms with E-state index >= 15 is 0 Å². The van der Waals surface area contributed by atoms with Gasteiger partial charge < -0.3 is 15.4 Å². The molecule has 2 aromatic rings. The molecule has 0 spiro atoms. The van der Waals surface area contributed by atoms with Gasteiger partial charge in [-0.1, -0.05) is 13.0 Å². The van der Waals surface area contributed by atoms with Gasteiger partial charge in [0, 0.05) is 17.8 Å². The minimum atomic E-state index is -0.254. The number of carbonyl (C=O) groups excluding carboxylic acids is 2. The topological polar surface area (TPSA) is 67.4 Å². The number of hydrogen-bond acceptors (Lipinski definition) is 3. The smallest absolute Gasteiger partial charge is 0.262 e. The zero-order valence-corrected chi connectivity index (χ0v) is 15.9. The second-order valence-electron chi connectivity index (χ2n) is 5.65. The molecule has 0 atom stereocenters. The van der Waals surface area contributed by atoms with E-state index in [-0.39, 0.29) is 18.4 Å². The number of ether oxygens (including phenoxy) is 1. The first-order chi connectivity index (χ1) is 12.0. The zero-order valence-electron chi connectivity index (χ0n) is 14.3. The Kier molecular flexibility index (Phi) is 7.01. The van der Waals surface area contributed by atoms with Crippen LogP contribution in [-0.4, -0.2) is 18.4 Å². The van der Waals surface area contributed by atoms with E-state index in [2.05, 4.69) is 26.6 Å². The summed E-state index contributed by atoms with van der Waals surface area (Å²) in [7, 11) is 0. The summed E-state index contributed by atoms with van der Waals surface area (Å²) in [4.78, 5) is 23.5. The van der Waals surface area contributed by atoms with Gasteiger partial charge in [-0.15, -0.1) is 0 Å². The van der Waals surface area contributed by atoms with Crippen molar-refractivity contribution in [1.82, 2.24) is 0 Å². The Morgan fingerprint density at radius 1 is 1.00 bits per heavy atom. The van der Waals surface area contributed by atoms with Crippen LogP contribution in [0.15, 0.2) is 46.9 Å². The summed E-state index contributed by atoms with van der Waals surface area (Å²) in [5.74, 6) is 0.348. The molecule has 2 amide bonds. The second kappa shape index (κ2) is 9.22. The molecule has 2 rings (SSSR count). The largest absolute Gasteiger partial charge is 0.483 e. The second-order valence-corrected chi connectivity index (χ2v) is 6.50.